The molecule has 0 aliphatic carbocycles. The average molecular weight is 487 g/mol. The molecule has 0 spiro atoms. The lowest BCUT2D eigenvalue weighted by Gasteiger charge is -2.12. The van der Waals surface area contributed by atoms with E-state index in [-0.39, 0.29) is 6.61 Å². The van der Waals surface area contributed by atoms with Gasteiger partial charge in [-0.05, 0) is 6.42 Å². The maximum Gasteiger partial charge on any atom is 0.481 e. The molecule has 0 aliphatic heterocycles. The average Bonchev–Trinajstić information content (AvgIpc) is 2.67. The first-order valence-corrected chi connectivity index (χ1v) is 15.5. The fourth-order valence-corrected chi connectivity index (χ4v) is 5.32. The number of hydrogen-bond acceptors (Lipinski definition) is 4. The van der Waals surface area contributed by atoms with Crippen molar-refractivity contribution in [2.24, 2.45) is 0 Å². The minimum Gasteiger partial charge on any atom is -0.302 e. The lowest BCUT2D eigenvalue weighted by atomic mass is 10.0. The molecular weight excluding hydrogens is 438 g/mol. The van der Waals surface area contributed by atoms with Crippen molar-refractivity contribution in [1.82, 2.24) is 0 Å². The lowest BCUT2D eigenvalue weighted by molar-refractivity contribution is 0.175. The number of phosphoric ester groups is 1. The van der Waals surface area contributed by atoms with Gasteiger partial charge < -0.3 is 14.7 Å². The zero-order chi connectivity index (χ0) is 23.3. The molecule has 188 valence electrons. The van der Waals surface area contributed by atoms with Gasteiger partial charge in [-0.15, -0.1) is 0 Å². The van der Waals surface area contributed by atoms with E-state index < -0.39 is 15.6 Å². The van der Waals surface area contributed by atoms with Gasteiger partial charge in [0.2, 0.25) is 0 Å². The van der Waals surface area contributed by atoms with Crippen LogP contribution in [0.4, 0.5) is 0 Å². The van der Waals surface area contributed by atoms with Gasteiger partial charge >= 0.3 is 15.6 Å². The zero-order valence-electron chi connectivity index (χ0n) is 19.7. The molecule has 0 saturated heterocycles. The molecule has 0 bridgehead atoms. The van der Waals surface area contributed by atoms with Gasteiger partial charge in [0.05, 0.1) is 6.61 Å². The van der Waals surface area contributed by atoms with Crippen molar-refractivity contribution in [3.8, 4) is 0 Å². The standard InChI is InChI=1S/C22H48O7P2/c1-2-3-4-5-6-7-8-9-10-11-12-13-14-15-16-17-18-19-20-21-22-28-31(26,27)29-30(23,24)25/h2-22H2,1H3,(H,26,27)(H2,23,24,25). The summed E-state index contributed by atoms with van der Waals surface area (Å²) in [5.74, 6) is 0. The maximum atomic E-state index is 11.2. The van der Waals surface area contributed by atoms with Crippen molar-refractivity contribution in [1.29, 1.82) is 0 Å². The van der Waals surface area contributed by atoms with E-state index in [1.54, 1.807) is 0 Å². The minimum atomic E-state index is -5.02. The Morgan fingerprint density at radius 1 is 0.516 bits per heavy atom. The topological polar surface area (TPSA) is 113 Å². The zero-order valence-corrected chi connectivity index (χ0v) is 21.5. The van der Waals surface area contributed by atoms with E-state index in [4.69, 9.17) is 14.7 Å². The van der Waals surface area contributed by atoms with Crippen LogP contribution >= 0.6 is 15.6 Å². The first-order chi connectivity index (χ1) is 14.8. The Kier molecular flexibility index (Phi) is 21.0. The van der Waals surface area contributed by atoms with Crippen molar-refractivity contribution in [3.05, 3.63) is 0 Å². The highest BCUT2D eigenvalue weighted by Crippen LogP contribution is 2.57. The van der Waals surface area contributed by atoms with E-state index in [1.807, 2.05) is 0 Å². The Bertz CT molecular complexity index is 482. The van der Waals surface area contributed by atoms with Crippen LogP contribution in [0.1, 0.15) is 135 Å². The Morgan fingerprint density at radius 2 is 0.806 bits per heavy atom. The molecule has 0 heterocycles. The van der Waals surface area contributed by atoms with Gasteiger partial charge in [-0.2, -0.15) is 4.31 Å². The van der Waals surface area contributed by atoms with Gasteiger partial charge in [0.15, 0.2) is 0 Å². The number of hydrogen-bond donors (Lipinski definition) is 3. The fourth-order valence-electron chi connectivity index (χ4n) is 3.70. The minimum absolute atomic E-state index is 0.0489. The van der Waals surface area contributed by atoms with E-state index in [2.05, 4.69) is 15.8 Å². The first-order valence-electron chi connectivity index (χ1n) is 12.5. The Balaban J connectivity index is 3.20. The molecule has 1 unspecified atom stereocenters. The second-order valence-electron chi connectivity index (χ2n) is 8.59. The number of rotatable bonds is 24. The van der Waals surface area contributed by atoms with Crippen molar-refractivity contribution in [2.45, 2.75) is 135 Å². The van der Waals surface area contributed by atoms with Gasteiger partial charge in [-0.3, -0.25) is 4.52 Å². The van der Waals surface area contributed by atoms with Crippen LogP contribution in [-0.4, -0.2) is 21.3 Å². The van der Waals surface area contributed by atoms with Crippen molar-refractivity contribution < 1.29 is 32.6 Å². The van der Waals surface area contributed by atoms with Crippen LogP contribution in [0.2, 0.25) is 0 Å². The Morgan fingerprint density at radius 3 is 1.10 bits per heavy atom. The second-order valence-corrected chi connectivity index (χ2v) is 11.4. The third-order valence-electron chi connectivity index (χ3n) is 5.46. The largest absolute Gasteiger partial charge is 0.481 e. The van der Waals surface area contributed by atoms with Gasteiger partial charge in [0.1, 0.15) is 0 Å². The molecule has 0 aromatic carbocycles. The normalized spacial score (nSPS) is 14.1. The molecule has 0 amide bonds. The molecular formula is C22H48O7P2. The molecule has 7 nitrogen and oxygen atoms in total. The highest BCUT2D eigenvalue weighted by Gasteiger charge is 2.31. The summed E-state index contributed by atoms with van der Waals surface area (Å²) in [4.78, 5) is 26.1. The third kappa shape index (κ3) is 26.4. The maximum absolute atomic E-state index is 11.2. The van der Waals surface area contributed by atoms with Gasteiger partial charge in [-0.25, -0.2) is 9.13 Å². The summed E-state index contributed by atoms with van der Waals surface area (Å²) in [6.07, 6.45) is 25.4. The van der Waals surface area contributed by atoms with Crippen molar-refractivity contribution in [3.63, 3.8) is 0 Å². The number of unbranched alkanes of at least 4 members (excludes halogenated alkanes) is 19. The third-order valence-corrected chi connectivity index (χ3v) is 7.65. The quantitative estimate of drug-likeness (QED) is 0.0934. The molecule has 0 rings (SSSR count). The SMILES string of the molecule is CCCCCCCCCCCCCCCCCCCCCCOP(=O)(O)OP(=O)(O)O. The van der Waals surface area contributed by atoms with E-state index in [1.165, 1.54) is 103 Å². The van der Waals surface area contributed by atoms with Crippen LogP contribution in [-0.2, 0) is 18.0 Å². The highest BCUT2D eigenvalue weighted by molar-refractivity contribution is 7.60. The predicted octanol–water partition coefficient (Wildman–Crippen LogP) is 8.03. The van der Waals surface area contributed by atoms with Gasteiger partial charge in [0.25, 0.3) is 0 Å². The summed E-state index contributed by atoms with van der Waals surface area (Å²) in [6.45, 7) is 2.22. The molecule has 1 atom stereocenters. The predicted molar refractivity (Wildman–Crippen MR) is 127 cm³/mol. The molecule has 3 N–H and O–H groups in total. The molecule has 31 heavy (non-hydrogen) atoms. The molecule has 9 heteroatoms. The summed E-state index contributed by atoms with van der Waals surface area (Å²) in [7, 11) is -9.69. The Hall–Kier alpha value is 0.260. The van der Waals surface area contributed by atoms with Crippen LogP contribution in [0.25, 0.3) is 0 Å². The smallest absolute Gasteiger partial charge is 0.302 e. The molecule has 0 aromatic heterocycles. The summed E-state index contributed by atoms with van der Waals surface area (Å²) < 4.78 is 30.0. The van der Waals surface area contributed by atoms with Crippen molar-refractivity contribution >= 4 is 15.6 Å². The molecule has 0 aliphatic rings. The van der Waals surface area contributed by atoms with E-state index in [0.717, 1.165) is 19.3 Å². The summed E-state index contributed by atoms with van der Waals surface area (Å²) in [6, 6.07) is 0. The lowest BCUT2D eigenvalue weighted by Crippen LogP contribution is -1.96. The summed E-state index contributed by atoms with van der Waals surface area (Å²) in [5, 5.41) is 0. The van der Waals surface area contributed by atoms with E-state index in [0.29, 0.717) is 6.42 Å². The van der Waals surface area contributed by atoms with Crippen LogP contribution in [0, 0.1) is 0 Å². The van der Waals surface area contributed by atoms with Crippen LogP contribution in [0.15, 0.2) is 0 Å². The van der Waals surface area contributed by atoms with Crippen molar-refractivity contribution in [2.75, 3.05) is 6.61 Å². The van der Waals surface area contributed by atoms with Gasteiger partial charge in [-0.1, -0.05) is 129 Å². The fraction of sp³-hybridized carbons (Fsp3) is 1.00. The first kappa shape index (κ1) is 31.3. The number of phosphoric acid groups is 2. The second kappa shape index (κ2) is 20.8. The highest BCUT2D eigenvalue weighted by atomic mass is 31.3. The molecule has 0 aromatic rings. The molecule has 0 saturated carbocycles. The van der Waals surface area contributed by atoms with Gasteiger partial charge in [0, 0.05) is 0 Å². The Labute approximate surface area is 190 Å². The van der Waals surface area contributed by atoms with E-state index in [9.17, 15) is 9.13 Å². The van der Waals surface area contributed by atoms with E-state index >= 15 is 0 Å². The molecule has 0 radical (unpaired) electrons. The monoisotopic (exact) mass is 486 g/mol. The summed E-state index contributed by atoms with van der Waals surface area (Å²) >= 11 is 0. The molecule has 0 fully saturated rings. The summed E-state index contributed by atoms with van der Waals surface area (Å²) in [5.41, 5.74) is 0. The van der Waals surface area contributed by atoms with Crippen LogP contribution < -0.4 is 0 Å². The van der Waals surface area contributed by atoms with Crippen LogP contribution in [0.3, 0.4) is 0 Å². The van der Waals surface area contributed by atoms with Crippen LogP contribution in [0.5, 0.6) is 0 Å².